The van der Waals surface area contributed by atoms with Crippen molar-refractivity contribution in [2.24, 2.45) is 5.92 Å². The summed E-state index contributed by atoms with van der Waals surface area (Å²) in [5.74, 6) is 0.632. The van der Waals surface area contributed by atoms with Crippen LogP contribution in [-0.4, -0.2) is 77.8 Å². The number of likely N-dealkylation sites (N-methyl/N-ethyl adjacent to an activating group) is 1. The summed E-state index contributed by atoms with van der Waals surface area (Å²) in [5.41, 5.74) is 0. The monoisotopic (exact) mass is 274 g/mol. The molecule has 0 aromatic rings. The number of nitrogens with one attached hydrogen (secondary N) is 1. The van der Waals surface area contributed by atoms with Crippen LogP contribution in [0.4, 0.5) is 0 Å². The Morgan fingerprint density at radius 3 is 2.42 bits per heavy atom. The van der Waals surface area contributed by atoms with Gasteiger partial charge in [-0.2, -0.15) is 0 Å². The van der Waals surface area contributed by atoms with Gasteiger partial charge >= 0.3 is 0 Å². The Morgan fingerprint density at radius 2 is 1.95 bits per heavy atom. The molecule has 5 heteroatoms. The van der Waals surface area contributed by atoms with E-state index in [2.05, 4.69) is 17.1 Å². The van der Waals surface area contributed by atoms with Crippen LogP contribution in [0.25, 0.3) is 0 Å². The van der Waals surface area contributed by atoms with Gasteiger partial charge in [-0.25, -0.2) is 0 Å². The summed E-state index contributed by atoms with van der Waals surface area (Å²) in [7, 11) is 3.50. The molecule has 0 radical (unpaired) electrons. The molecule has 0 spiro atoms. The molecule has 5 nitrogen and oxygen atoms in total. The molecule has 1 aliphatic heterocycles. The molecule has 1 rings (SSSR count). The smallest absolute Gasteiger partial charge is 0.0589 e. The van der Waals surface area contributed by atoms with E-state index in [4.69, 9.17) is 14.2 Å². The number of methoxy groups -OCH3 is 2. The van der Waals surface area contributed by atoms with E-state index in [-0.39, 0.29) is 0 Å². The highest BCUT2D eigenvalue weighted by atomic mass is 16.5. The SMILES string of the molecule is CCNC(CN(CCOC)CCOC)C1CCOC1. The van der Waals surface area contributed by atoms with E-state index in [9.17, 15) is 0 Å². The summed E-state index contributed by atoms with van der Waals surface area (Å²) in [6, 6.07) is 0.501. The fraction of sp³-hybridized carbons (Fsp3) is 1.00. The molecule has 114 valence electrons. The minimum absolute atomic E-state index is 0.501. The van der Waals surface area contributed by atoms with Crippen molar-refractivity contribution in [3.8, 4) is 0 Å². The molecule has 1 N–H and O–H groups in total. The van der Waals surface area contributed by atoms with Crippen molar-refractivity contribution >= 4 is 0 Å². The standard InChI is InChI=1S/C14H30N2O3/c1-4-15-14(13-5-8-19-12-13)11-16(6-9-17-2)7-10-18-3/h13-15H,4-12H2,1-3H3. The Hall–Kier alpha value is -0.200. The second kappa shape index (κ2) is 10.6. The molecule has 2 atom stereocenters. The van der Waals surface area contributed by atoms with Gasteiger partial charge in [0.05, 0.1) is 19.8 Å². The number of hydrogen-bond donors (Lipinski definition) is 1. The zero-order chi connectivity index (χ0) is 13.9. The van der Waals surface area contributed by atoms with E-state index in [1.54, 1.807) is 14.2 Å². The van der Waals surface area contributed by atoms with Gasteiger partial charge in [0.25, 0.3) is 0 Å². The number of rotatable bonds is 11. The summed E-state index contributed by atoms with van der Waals surface area (Å²) in [6.07, 6.45) is 1.17. The van der Waals surface area contributed by atoms with Gasteiger partial charge in [-0.3, -0.25) is 4.90 Å². The summed E-state index contributed by atoms with van der Waals surface area (Å²) >= 11 is 0. The van der Waals surface area contributed by atoms with Gasteiger partial charge < -0.3 is 19.5 Å². The maximum absolute atomic E-state index is 5.52. The van der Waals surface area contributed by atoms with Crippen molar-refractivity contribution < 1.29 is 14.2 Å². The first-order valence-electron chi connectivity index (χ1n) is 7.33. The Labute approximate surface area is 117 Å². The highest BCUT2D eigenvalue weighted by Crippen LogP contribution is 2.17. The van der Waals surface area contributed by atoms with Crippen LogP contribution in [0.2, 0.25) is 0 Å². The Kier molecular flexibility index (Phi) is 9.38. The van der Waals surface area contributed by atoms with Gasteiger partial charge in [-0.1, -0.05) is 6.92 Å². The molecule has 0 aliphatic carbocycles. The van der Waals surface area contributed by atoms with Gasteiger partial charge in [0.2, 0.25) is 0 Å². The zero-order valence-electron chi connectivity index (χ0n) is 12.7. The second-order valence-electron chi connectivity index (χ2n) is 5.07. The lowest BCUT2D eigenvalue weighted by Gasteiger charge is -2.30. The fourth-order valence-electron chi connectivity index (χ4n) is 2.53. The van der Waals surface area contributed by atoms with Crippen molar-refractivity contribution in [3.05, 3.63) is 0 Å². The summed E-state index contributed by atoms with van der Waals surface area (Å²) in [6.45, 7) is 9.44. The molecule has 0 bridgehead atoms. The van der Waals surface area contributed by atoms with Crippen molar-refractivity contribution in [2.75, 3.05) is 66.8 Å². The average Bonchev–Trinajstić information content (AvgIpc) is 2.95. The lowest BCUT2D eigenvalue weighted by atomic mass is 9.98. The van der Waals surface area contributed by atoms with Crippen LogP contribution in [0.15, 0.2) is 0 Å². The van der Waals surface area contributed by atoms with Crippen LogP contribution in [0.1, 0.15) is 13.3 Å². The molecule has 19 heavy (non-hydrogen) atoms. The molecular weight excluding hydrogens is 244 g/mol. The number of nitrogens with zero attached hydrogens (tertiary/aromatic N) is 1. The van der Waals surface area contributed by atoms with Crippen LogP contribution in [0.5, 0.6) is 0 Å². The average molecular weight is 274 g/mol. The summed E-state index contributed by atoms with van der Waals surface area (Å²) in [5, 5.41) is 3.60. The lowest BCUT2D eigenvalue weighted by molar-refractivity contribution is 0.0987. The normalized spacial score (nSPS) is 21.2. The predicted octanol–water partition coefficient (Wildman–Crippen LogP) is 0.596. The van der Waals surface area contributed by atoms with Crippen LogP contribution in [0, 0.1) is 5.92 Å². The van der Waals surface area contributed by atoms with Gasteiger partial charge in [-0.05, 0) is 13.0 Å². The molecule has 0 aromatic carbocycles. The zero-order valence-corrected chi connectivity index (χ0v) is 12.7. The molecule has 0 aromatic heterocycles. The number of ether oxygens (including phenoxy) is 3. The van der Waals surface area contributed by atoms with E-state index in [0.717, 1.165) is 52.6 Å². The van der Waals surface area contributed by atoms with E-state index in [1.165, 1.54) is 6.42 Å². The number of hydrogen-bond acceptors (Lipinski definition) is 5. The van der Waals surface area contributed by atoms with Gasteiger partial charge in [0, 0.05) is 52.4 Å². The highest BCUT2D eigenvalue weighted by molar-refractivity contribution is 4.82. The largest absolute Gasteiger partial charge is 0.383 e. The maximum Gasteiger partial charge on any atom is 0.0589 e. The van der Waals surface area contributed by atoms with Crippen LogP contribution in [-0.2, 0) is 14.2 Å². The predicted molar refractivity (Wildman–Crippen MR) is 76.6 cm³/mol. The van der Waals surface area contributed by atoms with E-state index < -0.39 is 0 Å². The third kappa shape index (κ3) is 6.68. The summed E-state index contributed by atoms with van der Waals surface area (Å²) in [4.78, 5) is 2.42. The third-order valence-electron chi connectivity index (χ3n) is 3.68. The fourth-order valence-corrected chi connectivity index (χ4v) is 2.53. The molecule has 1 heterocycles. The first kappa shape index (κ1) is 16.9. The Bertz CT molecular complexity index is 203. The van der Waals surface area contributed by atoms with E-state index in [1.807, 2.05) is 0 Å². The van der Waals surface area contributed by atoms with Gasteiger partial charge in [0.1, 0.15) is 0 Å². The van der Waals surface area contributed by atoms with Gasteiger partial charge in [-0.15, -0.1) is 0 Å². The maximum atomic E-state index is 5.52. The van der Waals surface area contributed by atoms with Crippen molar-refractivity contribution in [3.63, 3.8) is 0 Å². The molecule has 1 saturated heterocycles. The Balaban J connectivity index is 2.44. The molecule has 0 saturated carbocycles. The van der Waals surface area contributed by atoms with Crippen molar-refractivity contribution in [1.82, 2.24) is 10.2 Å². The first-order chi connectivity index (χ1) is 9.31. The lowest BCUT2D eigenvalue weighted by Crippen LogP contribution is -2.47. The second-order valence-corrected chi connectivity index (χ2v) is 5.07. The highest BCUT2D eigenvalue weighted by Gasteiger charge is 2.26. The summed E-state index contributed by atoms with van der Waals surface area (Å²) < 4.78 is 15.9. The topological polar surface area (TPSA) is 43.0 Å². The van der Waals surface area contributed by atoms with Crippen LogP contribution in [0.3, 0.4) is 0 Å². The first-order valence-corrected chi connectivity index (χ1v) is 7.33. The minimum atomic E-state index is 0.501. The Morgan fingerprint density at radius 1 is 1.26 bits per heavy atom. The van der Waals surface area contributed by atoms with E-state index >= 15 is 0 Å². The van der Waals surface area contributed by atoms with Crippen molar-refractivity contribution in [2.45, 2.75) is 19.4 Å². The quantitative estimate of drug-likeness (QED) is 0.597. The molecule has 1 aliphatic rings. The molecular formula is C14H30N2O3. The molecule has 0 amide bonds. The van der Waals surface area contributed by atoms with Crippen molar-refractivity contribution in [1.29, 1.82) is 0 Å². The van der Waals surface area contributed by atoms with E-state index in [0.29, 0.717) is 12.0 Å². The minimum Gasteiger partial charge on any atom is -0.383 e. The molecule has 1 fully saturated rings. The molecule has 2 unspecified atom stereocenters. The van der Waals surface area contributed by atoms with Crippen LogP contribution >= 0.6 is 0 Å². The van der Waals surface area contributed by atoms with Crippen LogP contribution < -0.4 is 5.32 Å². The van der Waals surface area contributed by atoms with Gasteiger partial charge in [0.15, 0.2) is 0 Å². The third-order valence-corrected chi connectivity index (χ3v) is 3.68.